The highest BCUT2D eigenvalue weighted by molar-refractivity contribution is 7.48. The fourth-order valence-corrected chi connectivity index (χ4v) is 4.53. The highest BCUT2D eigenvalue weighted by Gasteiger charge is 2.35. The maximum atomic E-state index is 12.9. The summed E-state index contributed by atoms with van der Waals surface area (Å²) in [7, 11) is -4.39. The fraction of sp³-hybridized carbons (Fsp3) is 0. The number of para-hydroxylation sites is 2. The molecule has 0 radical (unpaired) electrons. The van der Waals surface area contributed by atoms with Gasteiger partial charge in [0.25, 0.3) is 0 Å². The SMILES string of the molecule is O=P1(O)Oc2c(-c3ccccc3)cccc2-c2cccc(-c3ccccc3)c2O1. The van der Waals surface area contributed by atoms with Crippen molar-refractivity contribution in [2.75, 3.05) is 0 Å². The molecule has 142 valence electrons. The number of hydrogen-bond donors (Lipinski definition) is 1. The summed E-state index contributed by atoms with van der Waals surface area (Å²) in [5.74, 6) is 0.682. The zero-order chi connectivity index (χ0) is 19.8. The van der Waals surface area contributed by atoms with Gasteiger partial charge in [0.15, 0.2) is 0 Å². The highest BCUT2D eigenvalue weighted by Crippen LogP contribution is 2.57. The molecule has 4 nitrogen and oxygen atoms in total. The molecule has 0 amide bonds. The van der Waals surface area contributed by atoms with Gasteiger partial charge < -0.3 is 9.05 Å². The van der Waals surface area contributed by atoms with Crippen LogP contribution in [0.1, 0.15) is 0 Å². The molecular weight excluding hydrogens is 383 g/mol. The first-order chi connectivity index (χ1) is 14.1. The van der Waals surface area contributed by atoms with Crippen molar-refractivity contribution in [3.63, 3.8) is 0 Å². The minimum Gasteiger partial charge on any atom is -0.394 e. The number of hydrogen-bond acceptors (Lipinski definition) is 3. The van der Waals surface area contributed by atoms with Gasteiger partial charge in [0.1, 0.15) is 11.5 Å². The summed E-state index contributed by atoms with van der Waals surface area (Å²) in [6.45, 7) is 0. The highest BCUT2D eigenvalue weighted by atomic mass is 31.2. The van der Waals surface area contributed by atoms with E-state index in [0.717, 1.165) is 22.3 Å². The Morgan fingerprint density at radius 2 is 0.897 bits per heavy atom. The lowest BCUT2D eigenvalue weighted by Gasteiger charge is -2.15. The first kappa shape index (κ1) is 17.7. The van der Waals surface area contributed by atoms with Crippen LogP contribution in [-0.2, 0) is 4.57 Å². The van der Waals surface area contributed by atoms with Crippen LogP contribution in [0.4, 0.5) is 0 Å². The van der Waals surface area contributed by atoms with Crippen LogP contribution >= 0.6 is 7.82 Å². The number of phosphoric acid groups is 1. The molecule has 5 rings (SSSR count). The van der Waals surface area contributed by atoms with Crippen LogP contribution in [0.25, 0.3) is 33.4 Å². The smallest absolute Gasteiger partial charge is 0.394 e. The molecule has 4 aromatic carbocycles. The van der Waals surface area contributed by atoms with Crippen molar-refractivity contribution in [3.05, 3.63) is 97.1 Å². The third-order valence-corrected chi connectivity index (χ3v) is 5.73. The lowest BCUT2D eigenvalue weighted by atomic mass is 9.94. The van der Waals surface area contributed by atoms with E-state index in [2.05, 4.69) is 0 Å². The Hall–Kier alpha value is -3.33. The molecule has 1 heterocycles. The molecule has 0 spiro atoms. The average molecular weight is 400 g/mol. The van der Waals surface area contributed by atoms with Gasteiger partial charge in [0.05, 0.1) is 0 Å². The van der Waals surface area contributed by atoms with Gasteiger partial charge in [-0.25, -0.2) is 4.57 Å². The second kappa shape index (κ2) is 6.93. The summed E-state index contributed by atoms with van der Waals surface area (Å²) in [5.41, 5.74) is 4.69. The summed E-state index contributed by atoms with van der Waals surface area (Å²) in [5, 5.41) is 0. The van der Waals surface area contributed by atoms with Crippen LogP contribution in [0.15, 0.2) is 97.1 Å². The van der Waals surface area contributed by atoms with Crippen molar-refractivity contribution in [3.8, 4) is 44.9 Å². The van der Waals surface area contributed by atoms with E-state index in [1.807, 2.05) is 97.1 Å². The molecule has 0 fully saturated rings. The van der Waals surface area contributed by atoms with Gasteiger partial charge in [0.2, 0.25) is 0 Å². The van der Waals surface area contributed by atoms with E-state index in [-0.39, 0.29) is 0 Å². The fourth-order valence-electron chi connectivity index (χ4n) is 3.63. The van der Waals surface area contributed by atoms with Gasteiger partial charge in [-0.15, -0.1) is 0 Å². The maximum Gasteiger partial charge on any atom is 0.584 e. The van der Waals surface area contributed by atoms with Gasteiger partial charge in [-0.3, -0.25) is 4.89 Å². The van der Waals surface area contributed by atoms with Gasteiger partial charge >= 0.3 is 7.82 Å². The van der Waals surface area contributed by atoms with Crippen molar-refractivity contribution in [1.29, 1.82) is 0 Å². The van der Waals surface area contributed by atoms with Crippen molar-refractivity contribution >= 4 is 7.82 Å². The van der Waals surface area contributed by atoms with Crippen molar-refractivity contribution in [1.82, 2.24) is 0 Å². The lowest BCUT2D eigenvalue weighted by molar-refractivity contribution is 0.295. The second-order valence-electron chi connectivity index (χ2n) is 6.75. The van der Waals surface area contributed by atoms with Crippen LogP contribution in [0.2, 0.25) is 0 Å². The molecule has 29 heavy (non-hydrogen) atoms. The molecule has 0 unspecified atom stereocenters. The van der Waals surface area contributed by atoms with Crippen molar-refractivity contribution in [2.24, 2.45) is 0 Å². The van der Waals surface area contributed by atoms with Gasteiger partial charge in [-0.2, -0.15) is 0 Å². The first-order valence-electron chi connectivity index (χ1n) is 9.22. The topological polar surface area (TPSA) is 55.8 Å². The van der Waals surface area contributed by atoms with Gasteiger partial charge in [0, 0.05) is 22.3 Å². The van der Waals surface area contributed by atoms with E-state index >= 15 is 0 Å². The number of benzene rings is 4. The monoisotopic (exact) mass is 400 g/mol. The zero-order valence-corrected chi connectivity index (χ0v) is 16.3. The molecule has 0 bridgehead atoms. The minimum atomic E-state index is -4.39. The lowest BCUT2D eigenvalue weighted by Crippen LogP contribution is -1.99. The molecule has 5 heteroatoms. The third-order valence-electron chi connectivity index (χ3n) is 4.90. The van der Waals surface area contributed by atoms with Crippen molar-refractivity contribution in [2.45, 2.75) is 0 Å². The molecule has 1 aliphatic heterocycles. The van der Waals surface area contributed by atoms with Crippen LogP contribution < -0.4 is 9.05 Å². The van der Waals surface area contributed by atoms with Crippen LogP contribution in [0.3, 0.4) is 0 Å². The average Bonchev–Trinajstić information content (AvgIpc) is 2.87. The van der Waals surface area contributed by atoms with E-state index in [0.29, 0.717) is 22.6 Å². The molecule has 0 atom stereocenters. The largest absolute Gasteiger partial charge is 0.584 e. The predicted molar refractivity (Wildman–Crippen MR) is 114 cm³/mol. The second-order valence-corrected chi connectivity index (χ2v) is 8.05. The van der Waals surface area contributed by atoms with Crippen LogP contribution in [0.5, 0.6) is 11.5 Å². The summed E-state index contributed by atoms with van der Waals surface area (Å²) < 4.78 is 24.0. The van der Waals surface area contributed by atoms with Crippen LogP contribution in [-0.4, -0.2) is 4.89 Å². The Labute approximate surface area is 168 Å². The van der Waals surface area contributed by atoms with E-state index in [1.54, 1.807) is 0 Å². The molecular formula is C24H17O4P. The minimum absolute atomic E-state index is 0.341. The standard InChI is InChI=1S/C24H17O4P/c25-29(26)27-23-19(17-9-3-1-4-10-17)13-7-15-21(23)22-16-8-14-20(24(22)28-29)18-11-5-2-6-12-18/h1-16H,(H,25,26). The zero-order valence-electron chi connectivity index (χ0n) is 15.4. The van der Waals surface area contributed by atoms with Crippen molar-refractivity contribution < 1.29 is 18.5 Å². The Morgan fingerprint density at radius 1 is 0.517 bits per heavy atom. The third kappa shape index (κ3) is 3.23. The Bertz CT molecular complexity index is 1140. The molecule has 4 aromatic rings. The predicted octanol–water partition coefficient (Wildman–Crippen LogP) is 6.56. The Kier molecular flexibility index (Phi) is 4.24. The summed E-state index contributed by atoms with van der Waals surface area (Å²) >= 11 is 0. The Morgan fingerprint density at radius 3 is 1.31 bits per heavy atom. The number of phosphoric ester groups is 1. The molecule has 0 aliphatic carbocycles. The van der Waals surface area contributed by atoms with E-state index in [1.165, 1.54) is 0 Å². The molecule has 1 aliphatic rings. The summed E-state index contributed by atoms with van der Waals surface area (Å²) in [6, 6.07) is 30.6. The van der Waals surface area contributed by atoms with E-state index < -0.39 is 7.82 Å². The summed E-state index contributed by atoms with van der Waals surface area (Å²) in [6.07, 6.45) is 0. The molecule has 0 saturated carbocycles. The maximum absolute atomic E-state index is 12.9. The van der Waals surface area contributed by atoms with Gasteiger partial charge in [-0.05, 0) is 11.1 Å². The number of rotatable bonds is 2. The number of fused-ring (bicyclic) bond motifs is 3. The van der Waals surface area contributed by atoms with Crippen LogP contribution in [0, 0.1) is 0 Å². The Balaban J connectivity index is 1.80. The summed E-state index contributed by atoms with van der Waals surface area (Å²) in [4.78, 5) is 10.5. The molecule has 0 saturated heterocycles. The molecule has 0 aromatic heterocycles. The normalized spacial score (nSPS) is 14.0. The quantitative estimate of drug-likeness (QED) is 0.387. The first-order valence-corrected chi connectivity index (χ1v) is 10.7. The van der Waals surface area contributed by atoms with Gasteiger partial charge in [-0.1, -0.05) is 97.1 Å². The van der Waals surface area contributed by atoms with E-state index in [9.17, 15) is 9.46 Å². The van der Waals surface area contributed by atoms with E-state index in [4.69, 9.17) is 9.05 Å². The molecule has 1 N–H and O–H groups in total.